The third-order valence-corrected chi connectivity index (χ3v) is 3.12. The van der Waals surface area contributed by atoms with Gasteiger partial charge in [-0.05, 0) is 30.7 Å². The number of aromatic nitrogens is 1. The predicted molar refractivity (Wildman–Crippen MR) is 78.6 cm³/mol. The van der Waals surface area contributed by atoms with Crippen LogP contribution in [0.2, 0.25) is 5.02 Å². The van der Waals surface area contributed by atoms with E-state index in [1.54, 1.807) is 0 Å². The minimum atomic E-state index is 0.0777. The summed E-state index contributed by atoms with van der Waals surface area (Å²) in [5.74, 6) is 0.783. The van der Waals surface area contributed by atoms with Gasteiger partial charge in [-0.3, -0.25) is 4.79 Å². The lowest BCUT2D eigenvalue weighted by atomic mass is 10.1. The van der Waals surface area contributed by atoms with Gasteiger partial charge in [-0.15, -0.1) is 0 Å². The number of hydrogen-bond donors (Lipinski definition) is 1. The van der Waals surface area contributed by atoms with Crippen molar-refractivity contribution in [3.05, 3.63) is 41.0 Å². The molecule has 0 aliphatic rings. The molecule has 5 heteroatoms. The predicted octanol–water partition coefficient (Wildman–Crippen LogP) is 3.45. The van der Waals surface area contributed by atoms with E-state index in [0.29, 0.717) is 30.2 Å². The summed E-state index contributed by atoms with van der Waals surface area (Å²) in [6.45, 7) is 2.56. The van der Waals surface area contributed by atoms with Gasteiger partial charge in [-0.2, -0.15) is 0 Å². The summed E-state index contributed by atoms with van der Waals surface area (Å²) in [6.07, 6.45) is 2.08. The van der Waals surface area contributed by atoms with Crippen LogP contribution < -0.4 is 5.32 Å². The Kier molecular flexibility index (Phi) is 5.18. The van der Waals surface area contributed by atoms with Gasteiger partial charge in [0.2, 0.25) is 5.91 Å². The average molecular weight is 293 g/mol. The molecule has 0 bridgehead atoms. The van der Waals surface area contributed by atoms with Gasteiger partial charge in [0.05, 0.1) is 5.69 Å². The molecule has 0 spiro atoms. The van der Waals surface area contributed by atoms with Crippen molar-refractivity contribution in [2.75, 3.05) is 6.54 Å². The highest BCUT2D eigenvalue weighted by Gasteiger charge is 2.07. The van der Waals surface area contributed by atoms with Crippen LogP contribution in [0.5, 0.6) is 0 Å². The Balaban J connectivity index is 1.89. The molecule has 4 nitrogen and oxygen atoms in total. The first-order valence-electron chi connectivity index (χ1n) is 6.67. The van der Waals surface area contributed by atoms with Crippen molar-refractivity contribution >= 4 is 17.5 Å². The number of carbonyl (C=O) groups excluding carboxylic acids is 1. The van der Waals surface area contributed by atoms with E-state index in [2.05, 4.69) is 10.5 Å². The normalized spacial score (nSPS) is 10.5. The molecule has 1 aromatic carbocycles. The maximum absolute atomic E-state index is 11.3. The van der Waals surface area contributed by atoms with Crippen molar-refractivity contribution in [3.8, 4) is 11.3 Å². The van der Waals surface area contributed by atoms with Crippen molar-refractivity contribution < 1.29 is 9.32 Å². The van der Waals surface area contributed by atoms with E-state index in [-0.39, 0.29) is 5.91 Å². The molecule has 0 atom stereocenters. The lowest BCUT2D eigenvalue weighted by Crippen LogP contribution is -2.25. The highest BCUT2D eigenvalue weighted by Crippen LogP contribution is 2.22. The second kappa shape index (κ2) is 7.10. The number of rotatable bonds is 6. The fourth-order valence-electron chi connectivity index (χ4n) is 1.83. The zero-order valence-corrected chi connectivity index (χ0v) is 12.1. The molecule has 1 aromatic heterocycles. The van der Waals surface area contributed by atoms with Crippen LogP contribution in [-0.4, -0.2) is 17.6 Å². The summed E-state index contributed by atoms with van der Waals surface area (Å²) in [5.41, 5.74) is 1.76. The molecule has 0 radical (unpaired) electrons. The molecular weight excluding hydrogens is 276 g/mol. The van der Waals surface area contributed by atoms with Crippen molar-refractivity contribution in [2.45, 2.75) is 26.2 Å². The number of halogens is 1. The van der Waals surface area contributed by atoms with Gasteiger partial charge in [0.1, 0.15) is 0 Å². The van der Waals surface area contributed by atoms with E-state index in [4.69, 9.17) is 16.1 Å². The largest absolute Gasteiger partial charge is 0.356 e. The quantitative estimate of drug-likeness (QED) is 0.887. The van der Waals surface area contributed by atoms with Crippen molar-refractivity contribution in [1.29, 1.82) is 0 Å². The third kappa shape index (κ3) is 4.10. The Morgan fingerprint density at radius 3 is 2.80 bits per heavy atom. The zero-order valence-electron chi connectivity index (χ0n) is 11.4. The minimum Gasteiger partial charge on any atom is -0.356 e. The molecule has 2 rings (SSSR count). The SMILES string of the molecule is CCCC(=O)NCCc1cc(-c2ccc(Cl)cc2)on1. The first-order valence-corrected chi connectivity index (χ1v) is 7.05. The first-order chi connectivity index (χ1) is 9.69. The lowest BCUT2D eigenvalue weighted by Gasteiger charge is -2.01. The van der Waals surface area contributed by atoms with E-state index >= 15 is 0 Å². The van der Waals surface area contributed by atoms with E-state index in [1.807, 2.05) is 37.3 Å². The van der Waals surface area contributed by atoms with Crippen molar-refractivity contribution in [1.82, 2.24) is 10.5 Å². The molecule has 106 valence electrons. The van der Waals surface area contributed by atoms with Gasteiger partial charge in [-0.25, -0.2) is 0 Å². The van der Waals surface area contributed by atoms with E-state index in [0.717, 1.165) is 17.7 Å². The summed E-state index contributed by atoms with van der Waals surface area (Å²) >= 11 is 5.84. The van der Waals surface area contributed by atoms with Crippen molar-refractivity contribution in [3.63, 3.8) is 0 Å². The third-order valence-electron chi connectivity index (χ3n) is 2.87. The Hall–Kier alpha value is -1.81. The maximum atomic E-state index is 11.3. The van der Waals surface area contributed by atoms with Gasteiger partial charge in [0.25, 0.3) is 0 Å². The summed E-state index contributed by atoms with van der Waals surface area (Å²) < 4.78 is 5.29. The van der Waals surface area contributed by atoms with Crippen LogP contribution in [-0.2, 0) is 11.2 Å². The Morgan fingerprint density at radius 2 is 2.10 bits per heavy atom. The van der Waals surface area contributed by atoms with Crippen LogP contribution in [0.25, 0.3) is 11.3 Å². The first kappa shape index (κ1) is 14.6. The highest BCUT2D eigenvalue weighted by molar-refractivity contribution is 6.30. The molecule has 0 aliphatic carbocycles. The molecule has 20 heavy (non-hydrogen) atoms. The molecule has 0 aliphatic heterocycles. The van der Waals surface area contributed by atoms with Crippen LogP contribution >= 0.6 is 11.6 Å². The van der Waals surface area contributed by atoms with Gasteiger partial charge >= 0.3 is 0 Å². The van der Waals surface area contributed by atoms with Crippen LogP contribution in [0.4, 0.5) is 0 Å². The fourth-order valence-corrected chi connectivity index (χ4v) is 1.95. The topological polar surface area (TPSA) is 55.1 Å². The zero-order chi connectivity index (χ0) is 14.4. The number of hydrogen-bond acceptors (Lipinski definition) is 3. The van der Waals surface area contributed by atoms with Crippen molar-refractivity contribution in [2.24, 2.45) is 0 Å². The van der Waals surface area contributed by atoms with Gasteiger partial charge in [-0.1, -0.05) is 23.7 Å². The van der Waals surface area contributed by atoms with Gasteiger partial charge in [0, 0.05) is 36.0 Å². The van der Waals surface area contributed by atoms with Crippen LogP contribution in [0.15, 0.2) is 34.9 Å². The molecule has 0 saturated heterocycles. The summed E-state index contributed by atoms with van der Waals surface area (Å²) in [5, 5.41) is 7.54. The average Bonchev–Trinajstić information content (AvgIpc) is 2.89. The standard InChI is InChI=1S/C15H17ClN2O2/c1-2-3-15(19)17-9-8-13-10-14(20-18-13)11-4-6-12(16)7-5-11/h4-7,10H,2-3,8-9H2,1H3,(H,17,19). The number of nitrogens with zero attached hydrogens (tertiary/aromatic N) is 1. The van der Waals surface area contributed by atoms with Crippen LogP contribution in [0.3, 0.4) is 0 Å². The Labute approximate surface area is 123 Å². The van der Waals surface area contributed by atoms with Crippen LogP contribution in [0, 0.1) is 0 Å². The summed E-state index contributed by atoms with van der Waals surface area (Å²) in [7, 11) is 0. The minimum absolute atomic E-state index is 0.0777. The van der Waals surface area contributed by atoms with E-state index in [9.17, 15) is 4.79 Å². The number of benzene rings is 1. The maximum Gasteiger partial charge on any atom is 0.219 e. The number of carbonyl (C=O) groups is 1. The van der Waals surface area contributed by atoms with Crippen LogP contribution in [0.1, 0.15) is 25.5 Å². The second-order valence-corrected chi connectivity index (χ2v) is 4.98. The molecule has 1 heterocycles. The highest BCUT2D eigenvalue weighted by atomic mass is 35.5. The molecule has 1 N–H and O–H groups in total. The lowest BCUT2D eigenvalue weighted by molar-refractivity contribution is -0.121. The summed E-state index contributed by atoms with van der Waals surface area (Å²) in [6, 6.07) is 9.27. The Morgan fingerprint density at radius 1 is 1.35 bits per heavy atom. The second-order valence-electron chi connectivity index (χ2n) is 4.54. The summed E-state index contributed by atoms with van der Waals surface area (Å²) in [4.78, 5) is 11.3. The Bertz CT molecular complexity index is 564. The molecule has 1 amide bonds. The molecular formula is C15H17ClN2O2. The molecule has 0 fully saturated rings. The fraction of sp³-hybridized carbons (Fsp3) is 0.333. The van der Waals surface area contributed by atoms with E-state index < -0.39 is 0 Å². The van der Waals surface area contributed by atoms with Gasteiger partial charge < -0.3 is 9.84 Å². The number of nitrogens with one attached hydrogen (secondary N) is 1. The van der Waals surface area contributed by atoms with E-state index in [1.165, 1.54) is 0 Å². The number of amides is 1. The smallest absolute Gasteiger partial charge is 0.219 e. The monoisotopic (exact) mass is 292 g/mol. The molecule has 0 unspecified atom stereocenters. The van der Waals surface area contributed by atoms with Gasteiger partial charge in [0.15, 0.2) is 5.76 Å². The molecule has 2 aromatic rings. The molecule has 0 saturated carbocycles.